The summed E-state index contributed by atoms with van der Waals surface area (Å²) in [5.41, 5.74) is 0.509. The van der Waals surface area contributed by atoms with Crippen molar-refractivity contribution in [2.45, 2.75) is 11.4 Å². The Hall–Kier alpha value is -1.71. The van der Waals surface area contributed by atoms with Gasteiger partial charge in [0.25, 0.3) is 0 Å². The van der Waals surface area contributed by atoms with E-state index in [1.54, 1.807) is 18.2 Å². The van der Waals surface area contributed by atoms with Crippen molar-refractivity contribution < 1.29 is 27.4 Å². The summed E-state index contributed by atoms with van der Waals surface area (Å²) >= 11 is 18.1. The average molecular weight is 483 g/mol. The molecule has 2 aromatic carbocycles. The van der Waals surface area contributed by atoms with Crippen LogP contribution in [0.2, 0.25) is 15.1 Å². The van der Waals surface area contributed by atoms with Crippen molar-refractivity contribution in [1.82, 2.24) is 4.31 Å². The van der Waals surface area contributed by atoms with Crippen molar-refractivity contribution in [3.05, 3.63) is 51.0 Å². The topological polar surface area (TPSA) is 82.1 Å². The SMILES string of the molecule is COC(=O)CN(Cc1cc(OC)cc(OC)c1)S(=O)(=O)c1c(Cl)cc(Cl)cc1Cl. The van der Waals surface area contributed by atoms with Crippen LogP contribution in [0.25, 0.3) is 0 Å². The van der Waals surface area contributed by atoms with Crippen LogP contribution >= 0.6 is 34.8 Å². The van der Waals surface area contributed by atoms with E-state index in [-0.39, 0.29) is 26.5 Å². The number of benzene rings is 2. The first kappa shape index (κ1) is 23.6. The van der Waals surface area contributed by atoms with Crippen LogP contribution in [0.3, 0.4) is 0 Å². The van der Waals surface area contributed by atoms with Crippen molar-refractivity contribution in [2.24, 2.45) is 0 Å². The van der Waals surface area contributed by atoms with Crippen molar-refractivity contribution in [2.75, 3.05) is 27.9 Å². The normalized spacial score (nSPS) is 11.4. The Bertz CT molecular complexity index is 967. The molecule has 7 nitrogen and oxygen atoms in total. The quantitative estimate of drug-likeness (QED) is 0.528. The van der Waals surface area contributed by atoms with Crippen LogP contribution in [-0.4, -0.2) is 46.6 Å². The van der Waals surface area contributed by atoms with E-state index in [4.69, 9.17) is 44.3 Å². The van der Waals surface area contributed by atoms with Crippen LogP contribution in [0.15, 0.2) is 35.2 Å². The number of sulfonamides is 1. The van der Waals surface area contributed by atoms with Gasteiger partial charge in [-0.1, -0.05) is 34.8 Å². The number of carbonyl (C=O) groups excluding carboxylic acids is 1. The summed E-state index contributed by atoms with van der Waals surface area (Å²) in [4.78, 5) is 11.5. The monoisotopic (exact) mass is 481 g/mol. The lowest BCUT2D eigenvalue weighted by atomic mass is 10.2. The van der Waals surface area contributed by atoms with Gasteiger partial charge in [-0.2, -0.15) is 4.31 Å². The number of rotatable bonds is 8. The molecule has 0 aliphatic heterocycles. The minimum atomic E-state index is -4.29. The van der Waals surface area contributed by atoms with E-state index in [1.165, 1.54) is 26.4 Å². The van der Waals surface area contributed by atoms with Gasteiger partial charge < -0.3 is 14.2 Å². The summed E-state index contributed by atoms with van der Waals surface area (Å²) in [7, 11) is -0.203. The molecule has 11 heteroatoms. The molecule has 0 aliphatic rings. The van der Waals surface area contributed by atoms with Crippen molar-refractivity contribution >= 4 is 50.8 Å². The Labute approximate surface area is 184 Å². The summed E-state index contributed by atoms with van der Waals surface area (Å²) in [6, 6.07) is 7.38. The molecule has 0 atom stereocenters. The largest absolute Gasteiger partial charge is 0.497 e. The maximum Gasteiger partial charge on any atom is 0.321 e. The van der Waals surface area contributed by atoms with Crippen LogP contribution in [0.1, 0.15) is 5.56 Å². The second kappa shape index (κ2) is 9.86. The van der Waals surface area contributed by atoms with E-state index >= 15 is 0 Å². The highest BCUT2D eigenvalue weighted by molar-refractivity contribution is 7.89. The van der Waals surface area contributed by atoms with Gasteiger partial charge in [0.15, 0.2) is 0 Å². The molecule has 0 bridgehead atoms. The molecule has 0 N–H and O–H groups in total. The van der Waals surface area contributed by atoms with Gasteiger partial charge in [0.2, 0.25) is 10.0 Å². The van der Waals surface area contributed by atoms with Crippen LogP contribution < -0.4 is 9.47 Å². The van der Waals surface area contributed by atoms with Gasteiger partial charge >= 0.3 is 5.97 Å². The molecule has 2 rings (SSSR count). The molecule has 0 radical (unpaired) electrons. The fourth-order valence-corrected chi connectivity index (χ4v) is 5.37. The van der Waals surface area contributed by atoms with Crippen LogP contribution in [0.4, 0.5) is 0 Å². The summed E-state index contributed by atoms with van der Waals surface area (Å²) in [5, 5.41) is -0.155. The third-order valence-electron chi connectivity index (χ3n) is 3.86. The van der Waals surface area contributed by atoms with E-state index in [0.29, 0.717) is 17.1 Å². The zero-order valence-corrected chi connectivity index (χ0v) is 18.8. The van der Waals surface area contributed by atoms with E-state index < -0.39 is 22.5 Å². The number of hydrogen-bond acceptors (Lipinski definition) is 6. The van der Waals surface area contributed by atoms with Crippen LogP contribution in [-0.2, 0) is 26.1 Å². The summed E-state index contributed by atoms with van der Waals surface area (Å²) < 4.78 is 42.5. The molecular formula is C18H18Cl3NO6S. The smallest absolute Gasteiger partial charge is 0.321 e. The number of ether oxygens (including phenoxy) is 3. The fraction of sp³-hybridized carbons (Fsp3) is 0.278. The highest BCUT2D eigenvalue weighted by atomic mass is 35.5. The van der Waals surface area contributed by atoms with Gasteiger partial charge in [-0.15, -0.1) is 0 Å². The van der Waals surface area contributed by atoms with Crippen LogP contribution in [0, 0.1) is 0 Å². The number of hydrogen-bond donors (Lipinski definition) is 0. The molecular weight excluding hydrogens is 465 g/mol. The van der Waals surface area contributed by atoms with Gasteiger partial charge in [-0.05, 0) is 29.8 Å². The Morgan fingerprint density at radius 3 is 1.90 bits per heavy atom. The van der Waals surface area contributed by atoms with Crippen molar-refractivity contribution in [3.63, 3.8) is 0 Å². The molecule has 0 heterocycles. The molecule has 0 saturated heterocycles. The van der Waals surface area contributed by atoms with Gasteiger partial charge in [0.1, 0.15) is 22.9 Å². The van der Waals surface area contributed by atoms with Gasteiger partial charge in [0, 0.05) is 17.6 Å². The highest BCUT2D eigenvalue weighted by Gasteiger charge is 2.32. The van der Waals surface area contributed by atoms with Gasteiger partial charge in [-0.25, -0.2) is 8.42 Å². The first-order valence-corrected chi connectivity index (χ1v) is 10.6. The number of nitrogens with zero attached hydrogens (tertiary/aromatic N) is 1. The second-order valence-corrected chi connectivity index (χ2v) is 8.89. The lowest BCUT2D eigenvalue weighted by Gasteiger charge is -2.23. The minimum absolute atomic E-state index is 0.166. The third-order valence-corrected chi connectivity index (χ3v) is 6.80. The predicted molar refractivity (Wildman–Crippen MR) is 111 cm³/mol. The van der Waals surface area contributed by atoms with E-state index in [1.807, 2.05) is 0 Å². The predicted octanol–water partition coefficient (Wildman–Crippen LogP) is 4.03. The molecule has 158 valence electrons. The molecule has 0 fully saturated rings. The Morgan fingerprint density at radius 1 is 0.931 bits per heavy atom. The zero-order chi connectivity index (χ0) is 21.8. The first-order chi connectivity index (χ1) is 13.6. The number of halogens is 3. The average Bonchev–Trinajstić information content (AvgIpc) is 2.65. The maximum atomic E-state index is 13.3. The van der Waals surface area contributed by atoms with Crippen molar-refractivity contribution in [1.29, 1.82) is 0 Å². The summed E-state index contributed by atoms with van der Waals surface area (Å²) in [6.07, 6.45) is 0. The molecule has 0 amide bonds. The molecule has 0 saturated carbocycles. The first-order valence-electron chi connectivity index (χ1n) is 8.05. The number of esters is 1. The number of carbonyl (C=O) groups is 1. The molecule has 0 unspecified atom stereocenters. The second-order valence-electron chi connectivity index (χ2n) is 5.77. The van der Waals surface area contributed by atoms with E-state index in [0.717, 1.165) is 11.4 Å². The maximum absolute atomic E-state index is 13.3. The van der Waals surface area contributed by atoms with E-state index in [9.17, 15) is 13.2 Å². The molecule has 2 aromatic rings. The van der Waals surface area contributed by atoms with Gasteiger partial charge in [0.05, 0.1) is 31.4 Å². The highest BCUT2D eigenvalue weighted by Crippen LogP contribution is 2.35. The summed E-state index contributed by atoms with van der Waals surface area (Å²) in [5.74, 6) is 0.152. The number of methoxy groups -OCH3 is 3. The lowest BCUT2D eigenvalue weighted by Crippen LogP contribution is -2.36. The van der Waals surface area contributed by atoms with Gasteiger partial charge in [-0.3, -0.25) is 4.79 Å². The lowest BCUT2D eigenvalue weighted by molar-refractivity contribution is -0.140. The standard InChI is InChI=1S/C18H18Cl3NO6S/c1-26-13-4-11(5-14(8-13)27-2)9-22(10-17(23)28-3)29(24,25)18-15(20)6-12(19)7-16(18)21/h4-8H,9-10H2,1-3H3. The molecule has 0 aliphatic carbocycles. The molecule has 0 spiro atoms. The van der Waals surface area contributed by atoms with Crippen LogP contribution in [0.5, 0.6) is 11.5 Å². The molecule has 0 aromatic heterocycles. The van der Waals surface area contributed by atoms with E-state index in [2.05, 4.69) is 4.74 Å². The minimum Gasteiger partial charge on any atom is -0.497 e. The zero-order valence-electron chi connectivity index (χ0n) is 15.7. The van der Waals surface area contributed by atoms with Crippen molar-refractivity contribution in [3.8, 4) is 11.5 Å². The Kier molecular flexibility index (Phi) is 8.02. The fourth-order valence-electron chi connectivity index (χ4n) is 2.50. The Balaban J connectivity index is 2.55. The summed E-state index contributed by atoms with van der Waals surface area (Å²) in [6.45, 7) is -0.756. The molecule has 29 heavy (non-hydrogen) atoms. The third kappa shape index (κ3) is 5.67. The Morgan fingerprint density at radius 2 is 1.45 bits per heavy atom.